The third kappa shape index (κ3) is 3.72. The van der Waals surface area contributed by atoms with Gasteiger partial charge in [-0.1, -0.05) is 43.3 Å². The Morgan fingerprint density at radius 1 is 1.00 bits per heavy atom. The van der Waals surface area contributed by atoms with Gasteiger partial charge in [-0.05, 0) is 66.1 Å². The zero-order chi connectivity index (χ0) is 20.5. The Hall–Kier alpha value is -2.72. The van der Waals surface area contributed by atoms with Gasteiger partial charge in [-0.2, -0.15) is 0 Å². The van der Waals surface area contributed by atoms with Gasteiger partial charge in [0.05, 0.1) is 6.17 Å². The lowest BCUT2D eigenvalue weighted by molar-refractivity contribution is 0.0819. The van der Waals surface area contributed by atoms with Crippen molar-refractivity contribution < 1.29 is 4.79 Å². The summed E-state index contributed by atoms with van der Waals surface area (Å²) in [5, 5.41) is 5.53. The summed E-state index contributed by atoms with van der Waals surface area (Å²) >= 11 is 0. The van der Waals surface area contributed by atoms with Crippen molar-refractivity contribution in [2.24, 2.45) is 0 Å². The molecule has 5 rings (SSSR count). The molecule has 0 radical (unpaired) electrons. The van der Waals surface area contributed by atoms with E-state index in [4.69, 9.17) is 4.98 Å². The molecule has 30 heavy (non-hydrogen) atoms. The van der Waals surface area contributed by atoms with Crippen LogP contribution in [0.3, 0.4) is 0 Å². The van der Waals surface area contributed by atoms with E-state index in [0.29, 0.717) is 0 Å². The van der Waals surface area contributed by atoms with Crippen LogP contribution in [0, 0.1) is 0 Å². The summed E-state index contributed by atoms with van der Waals surface area (Å²) in [5.41, 5.74) is 6.10. The maximum atomic E-state index is 13.0. The van der Waals surface area contributed by atoms with Crippen molar-refractivity contribution in [1.29, 1.82) is 0 Å². The van der Waals surface area contributed by atoms with Gasteiger partial charge in [0.15, 0.2) is 0 Å². The van der Waals surface area contributed by atoms with Crippen molar-refractivity contribution in [3.63, 3.8) is 0 Å². The first kappa shape index (κ1) is 19.3. The van der Waals surface area contributed by atoms with E-state index in [1.165, 1.54) is 35.4 Å². The number of benzene rings is 2. The molecule has 2 heterocycles. The molecule has 1 unspecified atom stereocenters. The number of nitrogens with one attached hydrogen (secondary N) is 1. The van der Waals surface area contributed by atoms with Crippen molar-refractivity contribution in [2.45, 2.75) is 58.2 Å². The molecule has 0 spiro atoms. The van der Waals surface area contributed by atoms with Gasteiger partial charge in [0, 0.05) is 36.5 Å². The van der Waals surface area contributed by atoms with Gasteiger partial charge >= 0.3 is 0 Å². The predicted octanol–water partition coefficient (Wildman–Crippen LogP) is 4.64. The van der Waals surface area contributed by atoms with E-state index >= 15 is 0 Å². The quantitative estimate of drug-likeness (QED) is 0.695. The molecule has 1 atom stereocenters. The van der Waals surface area contributed by atoms with E-state index in [-0.39, 0.29) is 12.1 Å². The lowest BCUT2D eigenvalue weighted by Crippen LogP contribution is -2.49. The summed E-state index contributed by atoms with van der Waals surface area (Å²) in [6.45, 7) is 3.95. The molecule has 0 fully saturated rings. The number of rotatable bonds is 4. The number of fused-ring (bicyclic) bond motifs is 3. The average Bonchev–Trinajstić information content (AvgIpc) is 2.80. The standard InChI is InChI=1S/C26H29N3O/c1-2-25(28-26(30)21-12-11-18-7-3-4-8-19(18)15-21)29-14-13-24-22(17-29)16-20-9-5-6-10-23(20)27-24/h3-4,7-8,11-12,15-16,25H,2,5-6,9-10,13-14,17H2,1H3,(H,28,30). The fourth-order valence-electron chi connectivity index (χ4n) is 4.91. The van der Waals surface area contributed by atoms with E-state index in [9.17, 15) is 4.79 Å². The summed E-state index contributed by atoms with van der Waals surface area (Å²) in [6.07, 6.45) is 6.71. The molecule has 1 aromatic heterocycles. The number of carbonyl (C=O) groups is 1. The number of amides is 1. The van der Waals surface area contributed by atoms with E-state index in [1.807, 2.05) is 30.3 Å². The minimum Gasteiger partial charge on any atom is -0.336 e. The lowest BCUT2D eigenvalue weighted by atomic mass is 9.92. The van der Waals surface area contributed by atoms with Crippen LogP contribution in [0.5, 0.6) is 0 Å². The minimum atomic E-state index is 0.00182. The minimum absolute atomic E-state index is 0.00182. The first-order chi connectivity index (χ1) is 14.7. The number of aromatic nitrogens is 1. The van der Waals surface area contributed by atoms with Crippen molar-refractivity contribution in [3.05, 3.63) is 76.6 Å². The Morgan fingerprint density at radius 2 is 1.80 bits per heavy atom. The smallest absolute Gasteiger partial charge is 0.252 e. The summed E-state index contributed by atoms with van der Waals surface area (Å²) < 4.78 is 0. The number of pyridine rings is 1. The Kier molecular flexibility index (Phi) is 5.26. The van der Waals surface area contributed by atoms with E-state index in [0.717, 1.165) is 55.1 Å². The second-order valence-corrected chi connectivity index (χ2v) is 8.59. The second-order valence-electron chi connectivity index (χ2n) is 8.59. The summed E-state index contributed by atoms with van der Waals surface area (Å²) in [6, 6.07) is 16.5. The van der Waals surface area contributed by atoms with Crippen LogP contribution in [0.1, 0.15) is 59.1 Å². The van der Waals surface area contributed by atoms with E-state index < -0.39 is 0 Å². The highest BCUT2D eigenvalue weighted by Gasteiger charge is 2.26. The van der Waals surface area contributed by atoms with Crippen LogP contribution in [0.4, 0.5) is 0 Å². The van der Waals surface area contributed by atoms with Gasteiger partial charge in [0.2, 0.25) is 0 Å². The first-order valence-electron chi connectivity index (χ1n) is 11.3. The number of aryl methyl sites for hydroxylation is 2. The second kappa shape index (κ2) is 8.19. The van der Waals surface area contributed by atoms with Crippen molar-refractivity contribution in [1.82, 2.24) is 15.2 Å². The third-order valence-corrected chi connectivity index (χ3v) is 6.62. The van der Waals surface area contributed by atoms with Crippen LogP contribution >= 0.6 is 0 Å². The molecule has 0 saturated heterocycles. The van der Waals surface area contributed by atoms with Gasteiger partial charge < -0.3 is 5.32 Å². The Bertz CT molecular complexity index is 1090. The Morgan fingerprint density at radius 3 is 2.67 bits per heavy atom. The number of hydrogen-bond donors (Lipinski definition) is 1. The lowest BCUT2D eigenvalue weighted by Gasteiger charge is -2.36. The average molecular weight is 400 g/mol. The van der Waals surface area contributed by atoms with E-state index in [1.54, 1.807) is 0 Å². The van der Waals surface area contributed by atoms with Gasteiger partial charge in [-0.3, -0.25) is 14.7 Å². The highest BCUT2D eigenvalue weighted by Crippen LogP contribution is 2.26. The molecule has 1 aliphatic carbocycles. The van der Waals surface area contributed by atoms with Crippen LogP contribution in [-0.4, -0.2) is 28.5 Å². The molecule has 1 amide bonds. The van der Waals surface area contributed by atoms with Crippen molar-refractivity contribution >= 4 is 16.7 Å². The van der Waals surface area contributed by atoms with Gasteiger partial charge in [-0.25, -0.2) is 0 Å². The molecule has 4 heteroatoms. The third-order valence-electron chi connectivity index (χ3n) is 6.62. The summed E-state index contributed by atoms with van der Waals surface area (Å²) in [7, 11) is 0. The number of carbonyl (C=O) groups excluding carboxylic acids is 1. The molecular formula is C26H29N3O. The molecule has 0 bridgehead atoms. The van der Waals surface area contributed by atoms with Crippen LogP contribution in [0.2, 0.25) is 0 Å². The van der Waals surface area contributed by atoms with Crippen LogP contribution < -0.4 is 5.32 Å². The fourth-order valence-corrected chi connectivity index (χ4v) is 4.91. The molecule has 1 aliphatic heterocycles. The first-order valence-corrected chi connectivity index (χ1v) is 11.3. The summed E-state index contributed by atoms with van der Waals surface area (Å²) in [5.74, 6) is 0.00182. The van der Waals surface area contributed by atoms with E-state index in [2.05, 4.69) is 35.3 Å². The zero-order valence-corrected chi connectivity index (χ0v) is 17.7. The SMILES string of the molecule is CCC(NC(=O)c1ccc2ccccc2c1)N1CCc2nc3c(cc2C1)CCCC3. The Labute approximate surface area is 178 Å². The summed E-state index contributed by atoms with van der Waals surface area (Å²) in [4.78, 5) is 20.4. The zero-order valence-electron chi connectivity index (χ0n) is 17.7. The van der Waals surface area contributed by atoms with Gasteiger partial charge in [0.1, 0.15) is 0 Å². The van der Waals surface area contributed by atoms with Crippen LogP contribution in [0.15, 0.2) is 48.5 Å². The fraction of sp³-hybridized carbons (Fsp3) is 0.385. The molecule has 154 valence electrons. The number of hydrogen-bond acceptors (Lipinski definition) is 3. The van der Waals surface area contributed by atoms with Gasteiger partial charge in [0.25, 0.3) is 5.91 Å². The highest BCUT2D eigenvalue weighted by atomic mass is 16.1. The molecule has 2 aromatic carbocycles. The molecule has 3 aromatic rings. The van der Waals surface area contributed by atoms with Crippen LogP contribution in [-0.2, 0) is 25.8 Å². The predicted molar refractivity (Wildman–Crippen MR) is 120 cm³/mol. The van der Waals surface area contributed by atoms with Crippen molar-refractivity contribution in [3.8, 4) is 0 Å². The monoisotopic (exact) mass is 399 g/mol. The molecule has 4 nitrogen and oxygen atoms in total. The highest BCUT2D eigenvalue weighted by molar-refractivity contribution is 5.98. The maximum absolute atomic E-state index is 13.0. The largest absolute Gasteiger partial charge is 0.336 e. The maximum Gasteiger partial charge on any atom is 0.252 e. The molecule has 1 N–H and O–H groups in total. The normalized spacial score (nSPS) is 17.2. The van der Waals surface area contributed by atoms with Gasteiger partial charge in [-0.15, -0.1) is 0 Å². The number of nitrogens with zero attached hydrogens (tertiary/aromatic N) is 2. The van der Waals surface area contributed by atoms with Crippen molar-refractivity contribution in [2.75, 3.05) is 6.54 Å². The molecular weight excluding hydrogens is 370 g/mol. The molecule has 2 aliphatic rings. The topological polar surface area (TPSA) is 45.2 Å². The van der Waals surface area contributed by atoms with Crippen LogP contribution in [0.25, 0.3) is 10.8 Å². The molecule has 0 saturated carbocycles. The Balaban J connectivity index is 1.32.